The fourth-order valence-corrected chi connectivity index (χ4v) is 8.38. The average molecular weight is 637 g/mol. The molecule has 242 valence electrons. The van der Waals surface area contributed by atoms with Gasteiger partial charge in [-0.25, -0.2) is 0 Å². The number of phenols is 1. The Balaban J connectivity index is 1.18. The second-order valence-electron chi connectivity index (χ2n) is 13.3. The van der Waals surface area contributed by atoms with Crippen LogP contribution < -0.4 is 0 Å². The lowest BCUT2D eigenvalue weighted by atomic mass is 9.56. The Morgan fingerprint density at radius 1 is 0.957 bits per heavy atom. The van der Waals surface area contributed by atoms with Crippen molar-refractivity contribution in [3.05, 3.63) is 111 Å². The lowest BCUT2D eigenvalue weighted by molar-refractivity contribution is -0.154. The van der Waals surface area contributed by atoms with Crippen LogP contribution in [0.3, 0.4) is 0 Å². The quantitative estimate of drug-likeness (QED) is 0.235. The van der Waals surface area contributed by atoms with Crippen molar-refractivity contribution >= 4 is 17.3 Å². The van der Waals surface area contributed by atoms with Crippen molar-refractivity contribution in [1.82, 2.24) is 0 Å². The molecule has 0 amide bonds. The first-order valence-electron chi connectivity index (χ1n) is 15.9. The predicted molar refractivity (Wildman–Crippen MR) is 171 cm³/mol. The lowest BCUT2D eigenvalue weighted by Gasteiger charge is -2.50. The van der Waals surface area contributed by atoms with Crippen LogP contribution >= 0.6 is 0 Å². The van der Waals surface area contributed by atoms with E-state index in [1.807, 2.05) is 31.2 Å². The number of ether oxygens (including phenoxy) is 1. The van der Waals surface area contributed by atoms with Gasteiger partial charge in [0.05, 0.1) is 24.4 Å². The molecule has 3 aromatic rings. The fraction of sp³-hybridized carbons (Fsp3) is 0.342. The third-order valence-corrected chi connectivity index (χ3v) is 10.7. The van der Waals surface area contributed by atoms with Gasteiger partial charge in [-0.3, -0.25) is 14.4 Å². The molecule has 0 bridgehead atoms. The van der Waals surface area contributed by atoms with E-state index >= 15 is 0 Å². The highest BCUT2D eigenvalue weighted by molar-refractivity contribution is 6.25. The van der Waals surface area contributed by atoms with Gasteiger partial charge in [-0.2, -0.15) is 0 Å². The van der Waals surface area contributed by atoms with Gasteiger partial charge in [0.2, 0.25) is 5.78 Å². The van der Waals surface area contributed by atoms with Gasteiger partial charge in [-0.15, -0.1) is 0 Å². The number of ketones is 3. The second-order valence-corrected chi connectivity index (χ2v) is 13.3. The van der Waals surface area contributed by atoms with Crippen molar-refractivity contribution in [2.75, 3.05) is 6.61 Å². The molecule has 4 aliphatic rings. The highest BCUT2D eigenvalue weighted by Gasteiger charge is 2.63. The number of phenolic OH excluding ortho intramolecular Hbond substituents is 1. The number of carbonyl (C=O) groups is 3. The number of Topliss-reactive ketones (excluding diaryl/α,β-unsaturated/α-hetero) is 3. The maximum atomic E-state index is 14.1. The Labute approximate surface area is 271 Å². The Hall–Kier alpha value is -4.57. The van der Waals surface area contributed by atoms with Gasteiger partial charge in [0, 0.05) is 36.2 Å². The van der Waals surface area contributed by atoms with E-state index in [2.05, 4.69) is 24.3 Å². The molecule has 4 aliphatic carbocycles. The van der Waals surface area contributed by atoms with Gasteiger partial charge in [0.25, 0.3) is 0 Å². The third kappa shape index (κ3) is 4.37. The van der Waals surface area contributed by atoms with Crippen molar-refractivity contribution in [2.24, 2.45) is 11.8 Å². The first-order chi connectivity index (χ1) is 22.4. The van der Waals surface area contributed by atoms with Crippen LogP contribution in [0.15, 0.2) is 83.3 Å². The van der Waals surface area contributed by atoms with E-state index < -0.39 is 70.3 Å². The topological polar surface area (TPSA) is 162 Å². The Morgan fingerprint density at radius 2 is 1.57 bits per heavy atom. The summed E-state index contributed by atoms with van der Waals surface area (Å²) < 4.78 is 6.33. The smallest absolute Gasteiger partial charge is 0.209 e. The van der Waals surface area contributed by atoms with Gasteiger partial charge in [-0.05, 0) is 53.1 Å². The van der Waals surface area contributed by atoms with Crippen LogP contribution in [-0.2, 0) is 20.7 Å². The van der Waals surface area contributed by atoms with Crippen molar-refractivity contribution < 1.29 is 44.7 Å². The number of carbonyl (C=O) groups excluding carboxylic acids is 3. The molecule has 0 radical (unpaired) electrons. The van der Waals surface area contributed by atoms with Crippen LogP contribution in [0.4, 0.5) is 0 Å². The fourth-order valence-electron chi connectivity index (χ4n) is 8.38. The normalized spacial score (nSPS) is 27.2. The number of rotatable bonds is 6. The second kappa shape index (κ2) is 11.0. The van der Waals surface area contributed by atoms with E-state index in [1.165, 1.54) is 22.3 Å². The number of fused-ring (bicyclic) bond motifs is 6. The van der Waals surface area contributed by atoms with E-state index in [1.54, 1.807) is 19.1 Å². The first-order valence-corrected chi connectivity index (χ1v) is 15.9. The first kappa shape index (κ1) is 31.1. The summed E-state index contributed by atoms with van der Waals surface area (Å²) in [4.78, 5) is 39.6. The van der Waals surface area contributed by atoms with Crippen molar-refractivity contribution in [2.45, 2.75) is 63.3 Å². The maximum Gasteiger partial charge on any atom is 0.209 e. The summed E-state index contributed by atoms with van der Waals surface area (Å²) in [6, 6.07) is 19.9. The molecule has 0 spiro atoms. The standard InChI is InChI=1S/C38H36O9/c1-17(47-16-26-24-10-6-4-8-22(24)23-9-5-7-11-25(23)26)14-20-12-13-21-18(2)29-32(35(43)31(21)33(20)41)37(45)38(46)27(34(29)42)15-28(40)30(19(3)39)36(38)44/h4-13,17-18,26-27,29,34,40-42,45-46H,14-16H2,1-3H3. The molecule has 0 saturated heterocycles. The minimum Gasteiger partial charge on any atom is -0.511 e. The molecule has 0 fully saturated rings. The number of aliphatic hydroxyl groups is 4. The number of hydrogen-bond acceptors (Lipinski definition) is 9. The molecule has 3 aromatic carbocycles. The molecular formula is C38H36O9. The van der Waals surface area contributed by atoms with Crippen LogP contribution in [0.1, 0.15) is 71.6 Å². The zero-order valence-corrected chi connectivity index (χ0v) is 26.2. The number of aromatic hydroxyl groups is 1. The molecule has 0 saturated carbocycles. The van der Waals surface area contributed by atoms with Crippen LogP contribution in [0, 0.1) is 11.8 Å². The molecule has 9 heteroatoms. The largest absolute Gasteiger partial charge is 0.511 e. The van der Waals surface area contributed by atoms with Gasteiger partial charge in [0.15, 0.2) is 17.2 Å². The summed E-state index contributed by atoms with van der Waals surface area (Å²) in [6.07, 6.45) is -2.05. The van der Waals surface area contributed by atoms with E-state index in [9.17, 15) is 39.9 Å². The van der Waals surface area contributed by atoms with Crippen molar-refractivity contribution in [3.63, 3.8) is 0 Å². The monoisotopic (exact) mass is 636 g/mol. The highest BCUT2D eigenvalue weighted by atomic mass is 16.5. The molecule has 6 unspecified atom stereocenters. The Morgan fingerprint density at radius 3 is 2.19 bits per heavy atom. The molecule has 7 rings (SSSR count). The van der Waals surface area contributed by atoms with Gasteiger partial charge in [-0.1, -0.05) is 67.6 Å². The van der Waals surface area contributed by atoms with Crippen LogP contribution in [-0.4, -0.2) is 67.3 Å². The van der Waals surface area contributed by atoms with Crippen LogP contribution in [0.5, 0.6) is 5.75 Å². The summed E-state index contributed by atoms with van der Waals surface area (Å²) in [6.45, 7) is 5.06. The van der Waals surface area contributed by atoms with Crippen LogP contribution in [0.2, 0.25) is 0 Å². The lowest BCUT2D eigenvalue weighted by Crippen LogP contribution is -2.62. The molecule has 0 heterocycles. The summed E-state index contributed by atoms with van der Waals surface area (Å²) in [5.41, 5.74) is 1.70. The molecule has 6 atom stereocenters. The summed E-state index contributed by atoms with van der Waals surface area (Å²) >= 11 is 0. The molecular weight excluding hydrogens is 600 g/mol. The maximum absolute atomic E-state index is 14.1. The molecule has 47 heavy (non-hydrogen) atoms. The van der Waals surface area contributed by atoms with E-state index in [-0.39, 0.29) is 35.3 Å². The van der Waals surface area contributed by atoms with Gasteiger partial charge < -0.3 is 30.3 Å². The van der Waals surface area contributed by atoms with E-state index in [4.69, 9.17) is 4.74 Å². The minimum absolute atomic E-state index is 0.0476. The van der Waals surface area contributed by atoms with Gasteiger partial charge in [0.1, 0.15) is 22.8 Å². The number of aliphatic hydroxyl groups excluding tert-OH is 3. The molecule has 0 aromatic heterocycles. The molecule has 9 nitrogen and oxygen atoms in total. The molecule has 0 aliphatic heterocycles. The third-order valence-electron chi connectivity index (χ3n) is 10.7. The summed E-state index contributed by atoms with van der Waals surface area (Å²) in [7, 11) is 0. The zero-order valence-electron chi connectivity index (χ0n) is 26.2. The average Bonchev–Trinajstić information content (AvgIpc) is 3.36. The SMILES string of the molecule is CC(=O)C1=C(O)CC2C(O)C3C(=C(O)C2(O)C1=O)C(=O)c1c(ccc(CC(C)OCC2c4ccccc4-c4ccccc42)c1O)C3C. The minimum atomic E-state index is -2.79. The zero-order chi connectivity index (χ0) is 33.5. The van der Waals surface area contributed by atoms with Crippen molar-refractivity contribution in [3.8, 4) is 16.9 Å². The van der Waals surface area contributed by atoms with E-state index in [0.29, 0.717) is 17.7 Å². The van der Waals surface area contributed by atoms with E-state index in [0.717, 1.165) is 6.92 Å². The number of benzene rings is 3. The highest BCUT2D eigenvalue weighted by Crippen LogP contribution is 2.55. The number of allylic oxidation sites excluding steroid dienone is 1. The predicted octanol–water partition coefficient (Wildman–Crippen LogP) is 4.98. The summed E-state index contributed by atoms with van der Waals surface area (Å²) in [5.74, 6) is -7.76. The Kier molecular flexibility index (Phi) is 7.27. The number of hydrogen-bond donors (Lipinski definition) is 5. The summed E-state index contributed by atoms with van der Waals surface area (Å²) in [5, 5.41) is 56.5. The Bertz CT molecular complexity index is 1890. The van der Waals surface area contributed by atoms with Gasteiger partial charge >= 0.3 is 0 Å². The van der Waals surface area contributed by atoms with Crippen LogP contribution in [0.25, 0.3) is 11.1 Å². The molecule has 5 N–H and O–H groups in total. The van der Waals surface area contributed by atoms with Crippen molar-refractivity contribution in [1.29, 1.82) is 0 Å².